The van der Waals surface area contributed by atoms with Crippen molar-refractivity contribution < 1.29 is 4.79 Å². The molecule has 0 N–H and O–H groups in total. The van der Waals surface area contributed by atoms with Crippen LogP contribution in [-0.4, -0.2) is 11.5 Å². The Balaban J connectivity index is 2.87. The van der Waals surface area contributed by atoms with Crippen molar-refractivity contribution in [2.24, 2.45) is 0 Å². The van der Waals surface area contributed by atoms with Crippen LogP contribution in [0.3, 0.4) is 0 Å². The maximum Gasteiger partial charge on any atom is 0.146 e. The lowest BCUT2D eigenvalue weighted by Crippen LogP contribution is -2.04. The Bertz CT molecular complexity index is 325. The van der Waals surface area contributed by atoms with Gasteiger partial charge in [0.2, 0.25) is 0 Å². The minimum Gasteiger partial charge on any atom is -0.298 e. The van der Waals surface area contributed by atoms with Crippen molar-refractivity contribution in [1.29, 1.82) is 0 Å². The minimum absolute atomic E-state index is 0.0347. The van der Waals surface area contributed by atoms with Gasteiger partial charge in [-0.05, 0) is 23.8 Å². The number of rotatable bonds is 3. The first-order valence-electron chi connectivity index (χ1n) is 3.70. The molecule has 0 saturated carbocycles. The molecule has 0 saturated heterocycles. The molecular weight excluding hydrogens is 227 g/mol. The normalized spacial score (nSPS) is 10.1. The van der Waals surface area contributed by atoms with Gasteiger partial charge >= 0.3 is 0 Å². The molecular formula is C9H8Cl2OS. The summed E-state index contributed by atoms with van der Waals surface area (Å²) in [6.07, 6.45) is 0.295. The molecule has 0 atom stereocenters. The van der Waals surface area contributed by atoms with E-state index in [1.54, 1.807) is 18.2 Å². The van der Waals surface area contributed by atoms with Crippen LogP contribution in [0.4, 0.5) is 0 Å². The Labute approximate surface area is 92.4 Å². The lowest BCUT2D eigenvalue weighted by molar-refractivity contribution is -0.115. The van der Waals surface area contributed by atoms with E-state index in [9.17, 15) is 4.79 Å². The van der Waals surface area contributed by atoms with Crippen LogP contribution in [-0.2, 0) is 11.2 Å². The Kier molecular flexibility index (Phi) is 4.10. The summed E-state index contributed by atoms with van der Waals surface area (Å²) >= 11 is 15.5. The van der Waals surface area contributed by atoms with Gasteiger partial charge in [0, 0.05) is 22.2 Å². The summed E-state index contributed by atoms with van der Waals surface area (Å²) in [7, 11) is 0. The molecule has 0 aliphatic rings. The van der Waals surface area contributed by atoms with Crippen LogP contribution in [0.2, 0.25) is 10.0 Å². The third-order valence-electron chi connectivity index (χ3n) is 1.57. The van der Waals surface area contributed by atoms with Gasteiger partial charge in [0.05, 0.1) is 0 Å². The fourth-order valence-electron chi connectivity index (χ4n) is 0.947. The molecule has 4 heteroatoms. The molecule has 0 aliphatic carbocycles. The molecule has 70 valence electrons. The Morgan fingerprint density at radius 2 is 2.08 bits per heavy atom. The highest BCUT2D eigenvalue weighted by atomic mass is 35.5. The van der Waals surface area contributed by atoms with E-state index in [4.69, 9.17) is 23.2 Å². The summed E-state index contributed by atoms with van der Waals surface area (Å²) in [5.41, 5.74) is 0.758. The molecule has 1 aromatic carbocycles. The number of ketones is 1. The largest absolute Gasteiger partial charge is 0.298 e. The number of carbonyl (C=O) groups is 1. The van der Waals surface area contributed by atoms with E-state index in [2.05, 4.69) is 12.6 Å². The van der Waals surface area contributed by atoms with E-state index in [0.29, 0.717) is 16.5 Å². The molecule has 0 aromatic heterocycles. The smallest absolute Gasteiger partial charge is 0.146 e. The minimum atomic E-state index is 0.0347. The molecule has 0 aliphatic heterocycles. The molecule has 1 rings (SSSR count). The summed E-state index contributed by atoms with van der Waals surface area (Å²) in [6, 6.07) is 5.08. The number of Topliss-reactive ketones (excluding diaryl/α,β-unsaturated/α-hetero) is 1. The quantitative estimate of drug-likeness (QED) is 0.797. The zero-order valence-electron chi connectivity index (χ0n) is 6.76. The summed E-state index contributed by atoms with van der Waals surface area (Å²) in [5, 5.41) is 1.16. The van der Waals surface area contributed by atoms with Gasteiger partial charge in [0.15, 0.2) is 0 Å². The average Bonchev–Trinajstić information content (AvgIpc) is 2.11. The predicted octanol–water partition coefficient (Wildman–Crippen LogP) is 3.03. The van der Waals surface area contributed by atoms with Gasteiger partial charge in [-0.25, -0.2) is 0 Å². The van der Waals surface area contributed by atoms with E-state index in [1.165, 1.54) is 0 Å². The van der Waals surface area contributed by atoms with Gasteiger partial charge in [-0.1, -0.05) is 23.2 Å². The molecule has 13 heavy (non-hydrogen) atoms. The zero-order chi connectivity index (χ0) is 9.84. The lowest BCUT2D eigenvalue weighted by Gasteiger charge is -2.02. The van der Waals surface area contributed by atoms with Crippen LogP contribution in [0.15, 0.2) is 18.2 Å². The van der Waals surface area contributed by atoms with Crippen molar-refractivity contribution in [2.45, 2.75) is 6.42 Å². The number of hydrogen-bond donors (Lipinski definition) is 1. The van der Waals surface area contributed by atoms with Gasteiger partial charge in [-0.2, -0.15) is 12.6 Å². The second-order valence-electron chi connectivity index (χ2n) is 2.61. The number of halogens is 2. The van der Waals surface area contributed by atoms with E-state index >= 15 is 0 Å². The van der Waals surface area contributed by atoms with Crippen molar-refractivity contribution in [3.63, 3.8) is 0 Å². The molecule has 0 fully saturated rings. The topological polar surface area (TPSA) is 17.1 Å². The predicted molar refractivity (Wildman–Crippen MR) is 59.0 cm³/mol. The number of benzene rings is 1. The van der Waals surface area contributed by atoms with Gasteiger partial charge in [-0.3, -0.25) is 4.79 Å². The first kappa shape index (κ1) is 10.9. The number of hydrogen-bond acceptors (Lipinski definition) is 2. The standard InChI is InChI=1S/C9H8Cl2OS/c10-7-1-2-9(11)6(3-7)4-8(12)5-13/h1-3,13H,4-5H2. The Hall–Kier alpha value is -0.180. The number of thiol groups is 1. The lowest BCUT2D eigenvalue weighted by atomic mass is 10.1. The molecule has 0 unspecified atom stereocenters. The first-order chi connectivity index (χ1) is 6.13. The van der Waals surface area contributed by atoms with Crippen molar-refractivity contribution in [2.75, 3.05) is 5.75 Å². The van der Waals surface area contributed by atoms with E-state index in [0.717, 1.165) is 5.56 Å². The fraction of sp³-hybridized carbons (Fsp3) is 0.222. The first-order valence-corrected chi connectivity index (χ1v) is 5.09. The molecule has 0 radical (unpaired) electrons. The third kappa shape index (κ3) is 3.22. The van der Waals surface area contributed by atoms with E-state index < -0.39 is 0 Å². The van der Waals surface area contributed by atoms with Crippen LogP contribution in [0, 0.1) is 0 Å². The van der Waals surface area contributed by atoms with Crippen LogP contribution in [0.25, 0.3) is 0 Å². The van der Waals surface area contributed by atoms with Crippen LogP contribution in [0.5, 0.6) is 0 Å². The summed E-state index contributed by atoms with van der Waals surface area (Å²) < 4.78 is 0. The summed E-state index contributed by atoms with van der Waals surface area (Å²) in [5.74, 6) is 0.260. The van der Waals surface area contributed by atoms with Crippen molar-refractivity contribution in [3.8, 4) is 0 Å². The van der Waals surface area contributed by atoms with Crippen molar-refractivity contribution in [3.05, 3.63) is 33.8 Å². The Morgan fingerprint density at radius 1 is 1.38 bits per heavy atom. The fourth-order valence-corrected chi connectivity index (χ4v) is 1.44. The van der Waals surface area contributed by atoms with E-state index in [-0.39, 0.29) is 11.5 Å². The second-order valence-corrected chi connectivity index (χ2v) is 3.77. The highest BCUT2D eigenvalue weighted by Crippen LogP contribution is 2.21. The highest BCUT2D eigenvalue weighted by molar-refractivity contribution is 7.81. The summed E-state index contributed by atoms with van der Waals surface area (Å²) in [4.78, 5) is 11.1. The summed E-state index contributed by atoms with van der Waals surface area (Å²) in [6.45, 7) is 0. The van der Waals surface area contributed by atoms with Gasteiger partial charge in [0.25, 0.3) is 0 Å². The molecule has 1 aromatic rings. The average molecular weight is 235 g/mol. The van der Waals surface area contributed by atoms with Gasteiger partial charge in [0.1, 0.15) is 5.78 Å². The van der Waals surface area contributed by atoms with Gasteiger partial charge < -0.3 is 0 Å². The maximum atomic E-state index is 11.1. The second kappa shape index (κ2) is 4.89. The van der Waals surface area contributed by atoms with Crippen LogP contribution < -0.4 is 0 Å². The SMILES string of the molecule is O=C(CS)Cc1cc(Cl)ccc1Cl. The van der Waals surface area contributed by atoms with Gasteiger partial charge in [-0.15, -0.1) is 0 Å². The molecule has 1 nitrogen and oxygen atoms in total. The van der Waals surface area contributed by atoms with Crippen molar-refractivity contribution in [1.82, 2.24) is 0 Å². The van der Waals surface area contributed by atoms with Crippen LogP contribution in [0.1, 0.15) is 5.56 Å². The molecule has 0 bridgehead atoms. The molecule has 0 heterocycles. The Morgan fingerprint density at radius 3 is 2.69 bits per heavy atom. The highest BCUT2D eigenvalue weighted by Gasteiger charge is 2.05. The number of carbonyl (C=O) groups excluding carboxylic acids is 1. The zero-order valence-corrected chi connectivity index (χ0v) is 9.16. The monoisotopic (exact) mass is 234 g/mol. The third-order valence-corrected chi connectivity index (χ3v) is 2.53. The maximum absolute atomic E-state index is 11.1. The van der Waals surface area contributed by atoms with Crippen molar-refractivity contribution >= 4 is 41.6 Å². The van der Waals surface area contributed by atoms with E-state index in [1.807, 2.05) is 0 Å². The van der Waals surface area contributed by atoms with Crippen LogP contribution >= 0.6 is 35.8 Å². The molecule has 0 spiro atoms. The molecule has 0 amide bonds.